The highest BCUT2D eigenvalue weighted by Crippen LogP contribution is 2.47. The van der Waals surface area contributed by atoms with E-state index in [1.165, 1.54) is 0 Å². The molecule has 5 rings (SSSR count). The van der Waals surface area contributed by atoms with Crippen LogP contribution < -0.4 is 4.74 Å². The third-order valence-electron chi connectivity index (χ3n) is 7.97. The Morgan fingerprint density at radius 3 is 2.64 bits per heavy atom. The molecule has 0 amide bonds. The Labute approximate surface area is 207 Å². The maximum atomic E-state index is 13.3. The van der Waals surface area contributed by atoms with Crippen LogP contribution in [0.15, 0.2) is 42.6 Å². The van der Waals surface area contributed by atoms with Crippen LogP contribution in [0.4, 0.5) is 13.2 Å². The molecular weight excluding hydrogens is 471 g/mol. The molecule has 0 aliphatic carbocycles. The number of nitrogens with one attached hydrogen (secondary N) is 1. The number of hydrogen-bond donors (Lipinski definition) is 2. The number of carboxylic acid groups (broad SMARTS) is 1. The number of alkyl halides is 3. The fourth-order valence-electron chi connectivity index (χ4n) is 6.23. The second kappa shape index (κ2) is 9.12. The van der Waals surface area contributed by atoms with Gasteiger partial charge in [0.1, 0.15) is 5.75 Å². The molecule has 2 fully saturated rings. The number of carboxylic acids is 1. The van der Waals surface area contributed by atoms with E-state index in [1.54, 1.807) is 24.1 Å². The Morgan fingerprint density at radius 2 is 1.97 bits per heavy atom. The van der Waals surface area contributed by atoms with Gasteiger partial charge in [0.2, 0.25) is 0 Å². The first kappa shape index (κ1) is 24.6. The van der Waals surface area contributed by atoms with Gasteiger partial charge in [-0.1, -0.05) is 12.1 Å². The SMILES string of the molecule is COc1cc(C)c2[nH]ccc2c1CN1CC[C@@H]2C[C@@]1(c1ccc(C(=O)O)cc1)CCN2CC(F)(F)F. The molecule has 2 N–H and O–H groups in total. The number of aryl methyl sites for hydroxylation is 1. The molecule has 36 heavy (non-hydrogen) atoms. The molecular formula is C27H30F3N3O3. The van der Waals surface area contributed by atoms with Crippen molar-refractivity contribution in [3.8, 4) is 5.75 Å². The number of hydrogen-bond acceptors (Lipinski definition) is 4. The molecule has 1 aromatic heterocycles. The number of H-pyrrole nitrogens is 1. The van der Waals surface area contributed by atoms with Gasteiger partial charge >= 0.3 is 12.1 Å². The first-order valence-corrected chi connectivity index (χ1v) is 12.1. The van der Waals surface area contributed by atoms with Gasteiger partial charge in [0.05, 0.1) is 19.2 Å². The number of ether oxygens (including phenoxy) is 1. The van der Waals surface area contributed by atoms with E-state index in [1.807, 2.05) is 37.4 Å². The molecule has 0 spiro atoms. The van der Waals surface area contributed by atoms with Crippen LogP contribution >= 0.6 is 0 Å². The zero-order chi connectivity index (χ0) is 25.7. The summed E-state index contributed by atoms with van der Waals surface area (Å²) >= 11 is 0. The molecule has 6 nitrogen and oxygen atoms in total. The van der Waals surface area contributed by atoms with Crippen LogP contribution in [0.1, 0.15) is 46.3 Å². The van der Waals surface area contributed by atoms with E-state index >= 15 is 0 Å². The lowest BCUT2D eigenvalue weighted by Crippen LogP contribution is -2.62. The third kappa shape index (κ3) is 4.35. The van der Waals surface area contributed by atoms with Crippen LogP contribution in [0.2, 0.25) is 0 Å². The molecule has 192 valence electrons. The average molecular weight is 502 g/mol. The Morgan fingerprint density at radius 1 is 1.22 bits per heavy atom. The highest BCUT2D eigenvalue weighted by atomic mass is 19.4. The number of carbonyl (C=O) groups is 1. The number of aromatic nitrogens is 1. The van der Waals surface area contributed by atoms with Crippen molar-refractivity contribution in [1.29, 1.82) is 0 Å². The number of piperidine rings is 2. The minimum Gasteiger partial charge on any atom is -0.496 e. The highest BCUT2D eigenvalue weighted by Gasteiger charge is 2.50. The van der Waals surface area contributed by atoms with Crippen molar-refractivity contribution < 1.29 is 27.8 Å². The van der Waals surface area contributed by atoms with Crippen molar-refractivity contribution in [1.82, 2.24) is 14.8 Å². The summed E-state index contributed by atoms with van der Waals surface area (Å²) in [6.45, 7) is 2.65. The number of fused-ring (bicyclic) bond motifs is 3. The standard InChI is InChI=1S/C27H30F3N3O3/c1-17-13-23(36-2)22(21-7-10-31-24(17)21)15-33-11-8-20-14-26(33,9-12-32(20)16-27(28,29)30)19-5-3-18(4-6-19)25(34)35/h3-7,10,13,20,31H,8-9,11-12,14-16H2,1-2H3,(H,34,35)/t20-,26-/m1/s1. The monoisotopic (exact) mass is 501 g/mol. The maximum Gasteiger partial charge on any atom is 0.401 e. The van der Waals surface area contributed by atoms with E-state index in [-0.39, 0.29) is 11.6 Å². The van der Waals surface area contributed by atoms with E-state index in [2.05, 4.69) is 9.88 Å². The van der Waals surface area contributed by atoms with Crippen LogP contribution in [0, 0.1) is 6.92 Å². The Bertz CT molecular complexity index is 1270. The normalized spacial score (nSPS) is 23.2. The van der Waals surface area contributed by atoms with Crippen molar-refractivity contribution in [2.75, 3.05) is 26.7 Å². The van der Waals surface area contributed by atoms with E-state index in [0.717, 1.165) is 33.3 Å². The molecule has 0 saturated carbocycles. The molecule has 3 aromatic rings. The van der Waals surface area contributed by atoms with Gasteiger partial charge in [0, 0.05) is 53.9 Å². The van der Waals surface area contributed by atoms with Gasteiger partial charge in [0.15, 0.2) is 0 Å². The van der Waals surface area contributed by atoms with Crippen molar-refractivity contribution in [2.45, 2.75) is 50.5 Å². The third-order valence-corrected chi connectivity index (χ3v) is 7.97. The van der Waals surface area contributed by atoms with Crippen molar-refractivity contribution in [3.63, 3.8) is 0 Å². The number of likely N-dealkylation sites (tertiary alicyclic amines) is 2. The van der Waals surface area contributed by atoms with Crippen molar-refractivity contribution in [3.05, 3.63) is 64.8 Å². The largest absolute Gasteiger partial charge is 0.496 e. The van der Waals surface area contributed by atoms with Crippen LogP contribution in [0.25, 0.3) is 10.9 Å². The summed E-state index contributed by atoms with van der Waals surface area (Å²) in [6.07, 6.45) is -0.621. The minimum absolute atomic E-state index is 0.192. The van der Waals surface area contributed by atoms with Gasteiger partial charge in [-0.25, -0.2) is 4.79 Å². The van der Waals surface area contributed by atoms with Crippen LogP contribution in [-0.2, 0) is 12.1 Å². The first-order valence-electron chi connectivity index (χ1n) is 12.1. The van der Waals surface area contributed by atoms with Crippen LogP contribution in [0.3, 0.4) is 0 Å². The summed E-state index contributed by atoms with van der Waals surface area (Å²) in [4.78, 5) is 18.7. The van der Waals surface area contributed by atoms with E-state index in [0.29, 0.717) is 38.9 Å². The average Bonchev–Trinajstić information content (AvgIpc) is 3.34. The highest BCUT2D eigenvalue weighted by molar-refractivity contribution is 5.88. The first-order chi connectivity index (χ1) is 17.1. The second-order valence-corrected chi connectivity index (χ2v) is 9.96. The lowest BCUT2D eigenvalue weighted by atomic mass is 9.72. The molecule has 3 heterocycles. The smallest absolute Gasteiger partial charge is 0.401 e. The Hall–Kier alpha value is -3.04. The van der Waals surface area contributed by atoms with Gasteiger partial charge in [-0.15, -0.1) is 0 Å². The summed E-state index contributed by atoms with van der Waals surface area (Å²) in [5.74, 6) is -0.218. The minimum atomic E-state index is -4.24. The van der Waals surface area contributed by atoms with Gasteiger partial charge in [-0.3, -0.25) is 9.80 Å². The summed E-state index contributed by atoms with van der Waals surface area (Å²) in [5, 5.41) is 10.4. The van der Waals surface area contributed by atoms with E-state index in [9.17, 15) is 23.1 Å². The van der Waals surface area contributed by atoms with E-state index < -0.39 is 24.2 Å². The Kier molecular flexibility index (Phi) is 6.24. The summed E-state index contributed by atoms with van der Waals surface area (Å²) in [6, 6.07) is 10.7. The molecule has 2 saturated heterocycles. The predicted octanol–water partition coefficient (Wildman–Crippen LogP) is 5.31. The molecule has 2 aromatic carbocycles. The maximum absolute atomic E-state index is 13.3. The number of methoxy groups -OCH3 is 1. The summed E-state index contributed by atoms with van der Waals surface area (Å²) in [7, 11) is 1.65. The quantitative estimate of drug-likeness (QED) is 0.479. The van der Waals surface area contributed by atoms with E-state index in [4.69, 9.17) is 4.74 Å². The van der Waals surface area contributed by atoms with Gasteiger partial charge in [0.25, 0.3) is 0 Å². The number of aromatic carboxylic acids is 1. The van der Waals surface area contributed by atoms with Gasteiger partial charge in [-0.2, -0.15) is 13.2 Å². The van der Waals surface area contributed by atoms with Crippen LogP contribution in [0.5, 0.6) is 5.75 Å². The molecule has 2 bridgehead atoms. The number of halogens is 3. The number of aromatic amines is 1. The molecule has 2 atom stereocenters. The Balaban J connectivity index is 1.55. The predicted molar refractivity (Wildman–Crippen MR) is 130 cm³/mol. The second-order valence-electron chi connectivity index (χ2n) is 9.96. The molecule has 9 heteroatoms. The van der Waals surface area contributed by atoms with Gasteiger partial charge in [-0.05, 0) is 61.6 Å². The van der Waals surface area contributed by atoms with Crippen LogP contribution in [-0.4, -0.2) is 64.8 Å². The van der Waals surface area contributed by atoms with Gasteiger partial charge < -0.3 is 14.8 Å². The van der Waals surface area contributed by atoms with Crippen molar-refractivity contribution in [2.24, 2.45) is 0 Å². The zero-order valence-electron chi connectivity index (χ0n) is 20.4. The number of benzene rings is 2. The summed E-state index contributed by atoms with van der Waals surface area (Å²) < 4.78 is 45.6. The summed E-state index contributed by atoms with van der Waals surface area (Å²) in [5.41, 5.74) is 3.80. The fourth-order valence-corrected chi connectivity index (χ4v) is 6.23. The molecule has 2 aliphatic heterocycles. The molecule has 0 radical (unpaired) electrons. The lowest BCUT2D eigenvalue weighted by Gasteiger charge is -2.56. The van der Waals surface area contributed by atoms with Crippen molar-refractivity contribution >= 4 is 16.9 Å². The molecule has 2 aliphatic rings. The fraction of sp³-hybridized carbons (Fsp3) is 0.444. The zero-order valence-corrected chi connectivity index (χ0v) is 20.4. The molecule has 0 unspecified atom stereocenters. The number of rotatable bonds is 6. The topological polar surface area (TPSA) is 68.8 Å². The number of nitrogens with zero attached hydrogens (tertiary/aromatic N) is 2. The lowest BCUT2D eigenvalue weighted by molar-refractivity contribution is -0.167.